The van der Waals surface area contributed by atoms with Crippen molar-refractivity contribution in [3.05, 3.63) is 53.2 Å². The van der Waals surface area contributed by atoms with Crippen LogP contribution in [0.4, 0.5) is 0 Å². The monoisotopic (exact) mass is 395 g/mol. The molecule has 5 heteroatoms. The lowest BCUT2D eigenvalue weighted by atomic mass is 9.88. The van der Waals surface area contributed by atoms with Crippen LogP contribution in [-0.2, 0) is 6.54 Å². The van der Waals surface area contributed by atoms with E-state index in [1.54, 1.807) is 0 Å². The van der Waals surface area contributed by atoms with E-state index in [4.69, 9.17) is 9.47 Å². The Bertz CT molecular complexity index is 859. The second-order valence-corrected chi connectivity index (χ2v) is 9.41. The van der Waals surface area contributed by atoms with Gasteiger partial charge >= 0.3 is 0 Å². The van der Waals surface area contributed by atoms with Crippen LogP contribution in [0.2, 0.25) is 0 Å². The summed E-state index contributed by atoms with van der Waals surface area (Å²) in [4.78, 5) is 9.49. The molecule has 1 unspecified atom stereocenters. The number of ether oxygens (including phenoxy) is 2. The average molecular weight is 396 g/mol. The predicted octanol–water partition coefficient (Wildman–Crippen LogP) is 4.59. The third-order valence-corrected chi connectivity index (χ3v) is 6.05. The quantitative estimate of drug-likeness (QED) is 0.757. The summed E-state index contributed by atoms with van der Waals surface area (Å²) in [6, 6.07) is 11.4. The molecule has 2 aliphatic rings. The molecule has 1 saturated heterocycles. The Morgan fingerprint density at radius 3 is 2.66 bits per heavy atom. The molecule has 1 fully saturated rings. The van der Waals surface area contributed by atoms with Gasteiger partial charge in [-0.25, -0.2) is 4.98 Å². The smallest absolute Gasteiger partial charge is 0.260 e. The molecule has 0 N–H and O–H groups in total. The lowest BCUT2D eigenvalue weighted by molar-refractivity contribution is 0.00530. The first kappa shape index (κ1) is 20.2. The van der Waals surface area contributed by atoms with Crippen LogP contribution in [0.15, 0.2) is 36.5 Å². The SMILES string of the molecule is CC(C)c1ccccc1C1CN(Cc2ccnc3c2OCO3)CCN1C(C)(C)C. The van der Waals surface area contributed by atoms with Crippen LogP contribution >= 0.6 is 0 Å². The zero-order valence-corrected chi connectivity index (χ0v) is 18.3. The van der Waals surface area contributed by atoms with E-state index >= 15 is 0 Å². The minimum absolute atomic E-state index is 0.121. The number of nitrogens with zero attached hydrogens (tertiary/aromatic N) is 3. The van der Waals surface area contributed by atoms with Gasteiger partial charge in [0, 0.05) is 49.5 Å². The van der Waals surface area contributed by atoms with Crippen LogP contribution in [0.25, 0.3) is 0 Å². The topological polar surface area (TPSA) is 37.8 Å². The van der Waals surface area contributed by atoms with E-state index in [1.165, 1.54) is 11.1 Å². The number of piperazine rings is 1. The van der Waals surface area contributed by atoms with Crippen molar-refractivity contribution in [1.82, 2.24) is 14.8 Å². The lowest BCUT2D eigenvalue weighted by Crippen LogP contribution is -2.55. The highest BCUT2D eigenvalue weighted by Gasteiger charge is 2.36. The summed E-state index contributed by atoms with van der Waals surface area (Å²) in [5, 5.41) is 0. The first-order chi connectivity index (χ1) is 13.8. The molecule has 1 aromatic carbocycles. The molecule has 1 atom stereocenters. The number of rotatable bonds is 4. The lowest BCUT2D eigenvalue weighted by Gasteiger charge is -2.49. The van der Waals surface area contributed by atoms with Gasteiger partial charge in [-0.2, -0.15) is 0 Å². The van der Waals surface area contributed by atoms with Crippen LogP contribution in [0.1, 0.15) is 63.3 Å². The zero-order valence-electron chi connectivity index (χ0n) is 18.3. The van der Waals surface area contributed by atoms with Crippen molar-refractivity contribution in [2.24, 2.45) is 0 Å². The molecule has 3 heterocycles. The summed E-state index contributed by atoms with van der Waals surface area (Å²) in [7, 11) is 0. The first-order valence-corrected chi connectivity index (χ1v) is 10.7. The molecule has 156 valence electrons. The van der Waals surface area contributed by atoms with Crippen molar-refractivity contribution in [2.45, 2.75) is 58.7 Å². The molecule has 0 saturated carbocycles. The third kappa shape index (κ3) is 4.12. The normalized spacial score (nSPS) is 20.4. The molecule has 0 bridgehead atoms. The van der Waals surface area contributed by atoms with Crippen LogP contribution in [0, 0.1) is 0 Å². The van der Waals surface area contributed by atoms with E-state index in [2.05, 4.69) is 79.7 Å². The summed E-state index contributed by atoms with van der Waals surface area (Å²) >= 11 is 0. The molecule has 29 heavy (non-hydrogen) atoms. The molecule has 0 radical (unpaired) electrons. The summed E-state index contributed by atoms with van der Waals surface area (Å²) in [5.41, 5.74) is 4.19. The van der Waals surface area contributed by atoms with Crippen LogP contribution in [0.3, 0.4) is 0 Å². The third-order valence-electron chi connectivity index (χ3n) is 6.05. The number of pyridine rings is 1. The fourth-order valence-electron chi connectivity index (χ4n) is 4.63. The van der Waals surface area contributed by atoms with Gasteiger partial charge in [-0.3, -0.25) is 9.80 Å². The van der Waals surface area contributed by atoms with Crippen LogP contribution < -0.4 is 9.47 Å². The summed E-state index contributed by atoms with van der Waals surface area (Å²) in [6.07, 6.45) is 1.82. The van der Waals surface area contributed by atoms with Gasteiger partial charge in [-0.15, -0.1) is 0 Å². The number of fused-ring (bicyclic) bond motifs is 1. The van der Waals surface area contributed by atoms with Crippen LogP contribution in [-0.4, -0.2) is 46.7 Å². The average Bonchev–Trinajstić information content (AvgIpc) is 3.17. The Kier molecular flexibility index (Phi) is 5.54. The Morgan fingerprint density at radius 2 is 1.90 bits per heavy atom. The summed E-state index contributed by atoms with van der Waals surface area (Å²) in [6.45, 7) is 15.8. The Labute approximate surface area is 174 Å². The van der Waals surface area contributed by atoms with E-state index in [-0.39, 0.29) is 12.3 Å². The minimum Gasteiger partial charge on any atom is -0.451 e. The van der Waals surface area contributed by atoms with Crippen molar-refractivity contribution < 1.29 is 9.47 Å². The highest BCUT2D eigenvalue weighted by atomic mass is 16.7. The number of benzene rings is 1. The maximum Gasteiger partial charge on any atom is 0.260 e. The van der Waals surface area contributed by atoms with Crippen LogP contribution in [0.5, 0.6) is 11.6 Å². The van der Waals surface area contributed by atoms with E-state index in [0.29, 0.717) is 17.8 Å². The van der Waals surface area contributed by atoms with Gasteiger partial charge in [0.1, 0.15) is 0 Å². The largest absolute Gasteiger partial charge is 0.451 e. The first-order valence-electron chi connectivity index (χ1n) is 10.7. The zero-order chi connectivity index (χ0) is 20.6. The van der Waals surface area contributed by atoms with Gasteiger partial charge in [0.05, 0.1) is 0 Å². The minimum atomic E-state index is 0.121. The second-order valence-electron chi connectivity index (χ2n) is 9.41. The van der Waals surface area contributed by atoms with Gasteiger partial charge in [-0.1, -0.05) is 38.1 Å². The molecular weight excluding hydrogens is 362 g/mol. The van der Waals surface area contributed by atoms with Crippen molar-refractivity contribution >= 4 is 0 Å². The van der Waals surface area contributed by atoms with Gasteiger partial charge in [-0.05, 0) is 43.9 Å². The standard InChI is InChI=1S/C24H33N3O2/c1-17(2)19-8-6-7-9-20(19)21-15-26(12-13-27(21)24(3,4)5)14-18-10-11-25-23-22(18)28-16-29-23/h6-11,17,21H,12-16H2,1-5H3. The fraction of sp³-hybridized carbons (Fsp3) is 0.542. The Balaban J connectivity index is 1.62. The van der Waals surface area contributed by atoms with Gasteiger partial charge in [0.2, 0.25) is 6.79 Å². The van der Waals surface area contributed by atoms with E-state index in [0.717, 1.165) is 37.5 Å². The predicted molar refractivity (Wildman–Crippen MR) is 115 cm³/mol. The maximum atomic E-state index is 5.69. The molecule has 0 amide bonds. The number of hydrogen-bond donors (Lipinski definition) is 0. The second kappa shape index (κ2) is 7.96. The molecule has 2 aliphatic heterocycles. The molecule has 0 spiro atoms. The van der Waals surface area contributed by atoms with Gasteiger partial charge in [0.25, 0.3) is 5.88 Å². The summed E-state index contributed by atoms with van der Waals surface area (Å²) < 4.78 is 11.1. The van der Waals surface area contributed by atoms with Gasteiger partial charge < -0.3 is 9.47 Å². The van der Waals surface area contributed by atoms with Crippen molar-refractivity contribution in [2.75, 3.05) is 26.4 Å². The number of hydrogen-bond acceptors (Lipinski definition) is 5. The highest BCUT2D eigenvalue weighted by molar-refractivity contribution is 5.43. The Morgan fingerprint density at radius 1 is 1.10 bits per heavy atom. The molecule has 4 rings (SSSR count). The molecule has 0 aliphatic carbocycles. The van der Waals surface area contributed by atoms with E-state index < -0.39 is 0 Å². The Hall–Kier alpha value is -2.11. The van der Waals surface area contributed by atoms with E-state index in [9.17, 15) is 0 Å². The highest BCUT2D eigenvalue weighted by Crippen LogP contribution is 2.38. The van der Waals surface area contributed by atoms with Crippen molar-refractivity contribution in [3.63, 3.8) is 0 Å². The van der Waals surface area contributed by atoms with Gasteiger partial charge in [0.15, 0.2) is 5.75 Å². The summed E-state index contributed by atoms with van der Waals surface area (Å²) in [5.74, 6) is 1.94. The van der Waals surface area contributed by atoms with E-state index in [1.807, 2.05) is 6.20 Å². The molecule has 2 aromatic rings. The molecule has 5 nitrogen and oxygen atoms in total. The molecule has 1 aromatic heterocycles. The molecular formula is C24H33N3O2. The maximum absolute atomic E-state index is 5.69. The van der Waals surface area contributed by atoms with Crippen molar-refractivity contribution in [3.8, 4) is 11.6 Å². The fourth-order valence-corrected chi connectivity index (χ4v) is 4.63. The van der Waals surface area contributed by atoms with Crippen molar-refractivity contribution in [1.29, 1.82) is 0 Å². The number of aromatic nitrogens is 1.